The number of nitrogens with two attached hydrogens (primary N) is 2. The zero-order valence-corrected chi connectivity index (χ0v) is 18.0. The number of carbonyl (C=O) groups is 1. The molecule has 0 unspecified atom stereocenters. The van der Waals surface area contributed by atoms with Gasteiger partial charge in [-0.3, -0.25) is 19.2 Å². The lowest BCUT2D eigenvalue weighted by Crippen LogP contribution is -2.55. The van der Waals surface area contributed by atoms with E-state index < -0.39 is 12.8 Å². The van der Waals surface area contributed by atoms with Crippen molar-refractivity contribution >= 4 is 28.5 Å². The molecule has 0 saturated carbocycles. The van der Waals surface area contributed by atoms with Gasteiger partial charge in [0.05, 0.1) is 12.8 Å². The number of aliphatic hydroxyl groups excluding tert-OH is 1. The van der Waals surface area contributed by atoms with Crippen LogP contribution in [0.15, 0.2) is 35.1 Å². The number of furan rings is 1. The van der Waals surface area contributed by atoms with E-state index in [2.05, 4.69) is 14.9 Å². The third-order valence-electron chi connectivity index (χ3n) is 6.02. The zero-order chi connectivity index (χ0) is 22.8. The second kappa shape index (κ2) is 9.22. The number of carbonyl (C=O) groups excluding carboxylic acids is 1. The van der Waals surface area contributed by atoms with Gasteiger partial charge in [-0.25, -0.2) is 0 Å². The highest BCUT2D eigenvalue weighted by Gasteiger charge is 2.32. The molecule has 1 fully saturated rings. The number of aromatic nitrogens is 2. The van der Waals surface area contributed by atoms with Crippen molar-refractivity contribution in [3.63, 3.8) is 0 Å². The lowest BCUT2D eigenvalue weighted by atomic mass is 9.92. The Balaban J connectivity index is 1.60. The first-order valence-corrected chi connectivity index (χ1v) is 10.8. The Hall–Kier alpha value is -3.04. The molecule has 0 aliphatic carbocycles. The summed E-state index contributed by atoms with van der Waals surface area (Å²) in [4.78, 5) is 23.9. The fourth-order valence-electron chi connectivity index (χ4n) is 4.35. The summed E-state index contributed by atoms with van der Waals surface area (Å²) in [5, 5.41) is 10.2. The van der Waals surface area contributed by atoms with Crippen molar-refractivity contribution in [1.82, 2.24) is 9.97 Å². The molecule has 8 nitrogen and oxygen atoms in total. The molecule has 5 N–H and O–H groups in total. The third kappa shape index (κ3) is 4.31. The van der Waals surface area contributed by atoms with E-state index in [1.807, 2.05) is 13.0 Å². The molecule has 3 aromatic heterocycles. The van der Waals surface area contributed by atoms with Gasteiger partial charge >= 0.3 is 0 Å². The van der Waals surface area contributed by atoms with Gasteiger partial charge in [-0.05, 0) is 30.5 Å². The number of ketones is 1. The summed E-state index contributed by atoms with van der Waals surface area (Å²) in [7, 11) is 0. The number of Topliss-reactive ketones (excluding diaryl/α,β-unsaturated/α-hetero) is 1. The van der Waals surface area contributed by atoms with Crippen molar-refractivity contribution < 1.29 is 18.7 Å². The van der Waals surface area contributed by atoms with Crippen molar-refractivity contribution in [1.29, 1.82) is 0 Å². The number of rotatable bonds is 7. The van der Waals surface area contributed by atoms with Gasteiger partial charge in [-0.1, -0.05) is 6.92 Å². The first-order chi connectivity index (χ1) is 15.4. The average Bonchev–Trinajstić information content (AvgIpc) is 3.11. The van der Waals surface area contributed by atoms with Crippen LogP contribution in [0.2, 0.25) is 0 Å². The number of piperidine rings is 1. The van der Waals surface area contributed by atoms with E-state index in [4.69, 9.17) is 15.9 Å². The number of alkyl halides is 1. The van der Waals surface area contributed by atoms with Gasteiger partial charge in [-0.2, -0.15) is 0 Å². The Morgan fingerprint density at radius 3 is 2.94 bits per heavy atom. The van der Waals surface area contributed by atoms with Crippen LogP contribution in [0.3, 0.4) is 0 Å². The maximum atomic E-state index is 13.2. The number of fused-ring (bicyclic) bond motifs is 1. The Labute approximate surface area is 185 Å². The molecule has 1 aliphatic heterocycles. The predicted molar refractivity (Wildman–Crippen MR) is 120 cm³/mol. The zero-order valence-electron chi connectivity index (χ0n) is 18.0. The van der Waals surface area contributed by atoms with Crippen LogP contribution in [-0.2, 0) is 12.8 Å². The first kappa shape index (κ1) is 22.2. The molecule has 0 amide bonds. The molecule has 3 atom stereocenters. The standard InChI is InChI=1S/C23H28FN5O3/c1-13-11-29(12-16(25)22(13)31)17-4-6-27-10-15(17)8-18(30)20-21-19(32-23(20)26)7-14(9-28-21)3-2-5-24/h4,6-7,9-10,13,16,22,31H,2-3,5,8,11-12,25-26H2,1H3/t13-,16+,22+/m0/s1. The van der Waals surface area contributed by atoms with Crippen LogP contribution >= 0.6 is 0 Å². The van der Waals surface area contributed by atoms with Crippen LogP contribution in [0.25, 0.3) is 11.1 Å². The SMILES string of the molecule is C[C@H]1CN(c2ccncc2CC(=O)c2c(N)oc3cc(CCCF)cnc23)C[C@@H](N)[C@@H]1O. The van der Waals surface area contributed by atoms with E-state index in [0.717, 1.165) is 16.8 Å². The number of aliphatic hydroxyl groups is 1. The fraction of sp³-hybridized carbons (Fsp3) is 0.435. The van der Waals surface area contributed by atoms with E-state index in [9.17, 15) is 14.3 Å². The molecular formula is C23H28FN5O3. The summed E-state index contributed by atoms with van der Waals surface area (Å²) in [6, 6.07) is 3.23. The lowest BCUT2D eigenvalue weighted by molar-refractivity contribution is 0.0784. The molecule has 32 heavy (non-hydrogen) atoms. The Morgan fingerprint density at radius 1 is 1.38 bits per heavy atom. The predicted octanol–water partition coefficient (Wildman–Crippen LogP) is 2.28. The summed E-state index contributed by atoms with van der Waals surface area (Å²) >= 11 is 0. The summed E-state index contributed by atoms with van der Waals surface area (Å²) in [6.45, 7) is 2.65. The molecule has 9 heteroatoms. The maximum Gasteiger partial charge on any atom is 0.204 e. The van der Waals surface area contributed by atoms with Crippen LogP contribution < -0.4 is 16.4 Å². The van der Waals surface area contributed by atoms with Gasteiger partial charge in [0.15, 0.2) is 11.4 Å². The van der Waals surface area contributed by atoms with Gasteiger partial charge in [-0.15, -0.1) is 0 Å². The van der Waals surface area contributed by atoms with Crippen molar-refractivity contribution in [2.75, 3.05) is 30.4 Å². The van der Waals surface area contributed by atoms with Crippen LogP contribution in [-0.4, -0.2) is 52.8 Å². The second-order valence-corrected chi connectivity index (χ2v) is 8.47. The Kier molecular flexibility index (Phi) is 6.38. The normalized spacial score (nSPS) is 21.2. The van der Waals surface area contributed by atoms with E-state index in [0.29, 0.717) is 37.0 Å². The minimum Gasteiger partial charge on any atom is -0.438 e. The third-order valence-corrected chi connectivity index (χ3v) is 6.02. The van der Waals surface area contributed by atoms with Crippen LogP contribution in [0.1, 0.15) is 34.8 Å². The van der Waals surface area contributed by atoms with Gasteiger partial charge < -0.3 is 25.9 Å². The molecule has 170 valence electrons. The summed E-state index contributed by atoms with van der Waals surface area (Å²) in [5.41, 5.74) is 15.6. The molecule has 1 aliphatic rings. The molecule has 0 spiro atoms. The number of pyridine rings is 2. The first-order valence-electron chi connectivity index (χ1n) is 10.8. The number of aryl methyl sites for hydroxylation is 1. The highest BCUT2D eigenvalue weighted by Crippen LogP contribution is 2.31. The minimum absolute atomic E-state index is 0.000259. The van der Waals surface area contributed by atoms with E-state index in [1.54, 1.807) is 24.7 Å². The summed E-state index contributed by atoms with van der Waals surface area (Å²) in [5.74, 6) is -0.212. The highest BCUT2D eigenvalue weighted by molar-refractivity contribution is 6.10. The molecular weight excluding hydrogens is 413 g/mol. The molecule has 0 radical (unpaired) electrons. The lowest BCUT2D eigenvalue weighted by Gasteiger charge is -2.40. The van der Waals surface area contributed by atoms with E-state index >= 15 is 0 Å². The number of hydrogen-bond donors (Lipinski definition) is 3. The van der Waals surface area contributed by atoms with Crippen LogP contribution in [0.5, 0.6) is 0 Å². The van der Waals surface area contributed by atoms with Gasteiger partial charge in [0, 0.05) is 61.3 Å². The summed E-state index contributed by atoms with van der Waals surface area (Å²) in [6.07, 6.45) is 5.40. The van der Waals surface area contributed by atoms with Gasteiger partial charge in [0.1, 0.15) is 11.1 Å². The van der Waals surface area contributed by atoms with Crippen LogP contribution in [0.4, 0.5) is 16.0 Å². The Morgan fingerprint density at radius 2 is 2.19 bits per heavy atom. The molecule has 0 aromatic carbocycles. The van der Waals surface area contributed by atoms with E-state index in [1.165, 1.54) is 0 Å². The van der Waals surface area contributed by atoms with Crippen molar-refractivity contribution in [2.24, 2.45) is 11.7 Å². The maximum absolute atomic E-state index is 13.2. The number of nitrogen functional groups attached to an aromatic ring is 1. The average molecular weight is 442 g/mol. The fourth-order valence-corrected chi connectivity index (χ4v) is 4.35. The summed E-state index contributed by atoms with van der Waals surface area (Å²) < 4.78 is 18.1. The Bertz CT molecular complexity index is 1110. The van der Waals surface area contributed by atoms with Crippen molar-refractivity contribution in [3.8, 4) is 0 Å². The monoisotopic (exact) mass is 441 g/mol. The smallest absolute Gasteiger partial charge is 0.204 e. The second-order valence-electron chi connectivity index (χ2n) is 8.47. The topological polar surface area (TPSA) is 132 Å². The molecule has 4 rings (SSSR count). The number of nitrogens with zero attached hydrogens (tertiary/aromatic N) is 3. The number of anilines is 2. The highest BCUT2D eigenvalue weighted by atomic mass is 19.1. The van der Waals surface area contributed by atoms with Crippen molar-refractivity contribution in [3.05, 3.63) is 47.4 Å². The van der Waals surface area contributed by atoms with Crippen LogP contribution in [0, 0.1) is 5.92 Å². The number of halogens is 1. The van der Waals surface area contributed by atoms with Gasteiger partial charge in [0.25, 0.3) is 0 Å². The largest absolute Gasteiger partial charge is 0.438 e. The number of hydrogen-bond acceptors (Lipinski definition) is 8. The molecule has 3 aromatic rings. The van der Waals surface area contributed by atoms with Crippen molar-refractivity contribution in [2.45, 2.75) is 38.3 Å². The molecule has 1 saturated heterocycles. The van der Waals surface area contributed by atoms with E-state index in [-0.39, 0.29) is 35.6 Å². The quantitative estimate of drug-likeness (QED) is 0.476. The van der Waals surface area contributed by atoms with Gasteiger partial charge in [0.2, 0.25) is 5.88 Å². The molecule has 4 heterocycles. The molecule has 0 bridgehead atoms. The minimum atomic E-state index is -0.559.